The highest BCUT2D eigenvalue weighted by Crippen LogP contribution is 2.28. The molecule has 3 nitrogen and oxygen atoms in total. The van der Waals surface area contributed by atoms with Crippen LogP contribution < -0.4 is 5.32 Å². The molecule has 72 valence electrons. The summed E-state index contributed by atoms with van der Waals surface area (Å²) in [4.78, 5) is 0. The lowest BCUT2D eigenvalue weighted by Crippen LogP contribution is -2.16. The Morgan fingerprint density at radius 2 is 2.46 bits per heavy atom. The maximum atomic E-state index is 9.99. The second-order valence-corrected chi connectivity index (χ2v) is 3.71. The van der Waals surface area contributed by atoms with Crippen molar-refractivity contribution in [1.82, 2.24) is 5.32 Å². The van der Waals surface area contributed by atoms with Crippen LogP contribution in [0, 0.1) is 12.8 Å². The van der Waals surface area contributed by atoms with Crippen molar-refractivity contribution in [3.63, 3.8) is 0 Å². The van der Waals surface area contributed by atoms with Crippen molar-refractivity contribution in [2.24, 2.45) is 5.92 Å². The highest BCUT2D eigenvalue weighted by molar-refractivity contribution is 5.22. The van der Waals surface area contributed by atoms with Crippen LogP contribution in [0.2, 0.25) is 0 Å². The fourth-order valence-corrected chi connectivity index (χ4v) is 1.87. The Bertz CT molecular complexity index is 276. The third-order valence-electron chi connectivity index (χ3n) is 2.76. The molecule has 0 aliphatic carbocycles. The van der Waals surface area contributed by atoms with Crippen molar-refractivity contribution in [2.75, 3.05) is 13.1 Å². The Labute approximate surface area is 77.8 Å². The minimum atomic E-state index is -0.367. The molecule has 0 amide bonds. The van der Waals surface area contributed by atoms with E-state index in [4.69, 9.17) is 4.42 Å². The monoisotopic (exact) mass is 181 g/mol. The number of hydrogen-bond acceptors (Lipinski definition) is 3. The molecular formula is C10H15NO2. The average Bonchev–Trinajstić information content (AvgIpc) is 2.72. The Morgan fingerprint density at radius 1 is 1.62 bits per heavy atom. The highest BCUT2D eigenvalue weighted by Gasteiger charge is 2.25. The molecule has 1 saturated heterocycles. The van der Waals surface area contributed by atoms with Gasteiger partial charge >= 0.3 is 0 Å². The maximum absolute atomic E-state index is 9.99. The molecule has 1 aliphatic heterocycles. The van der Waals surface area contributed by atoms with E-state index in [0.29, 0.717) is 5.92 Å². The van der Waals surface area contributed by atoms with Gasteiger partial charge in [0, 0.05) is 18.0 Å². The number of aliphatic hydroxyl groups is 1. The van der Waals surface area contributed by atoms with Gasteiger partial charge in [0.05, 0.1) is 18.6 Å². The van der Waals surface area contributed by atoms with Crippen LogP contribution in [0.1, 0.15) is 23.7 Å². The predicted octanol–water partition coefficient (Wildman–Crippen LogP) is 1.23. The van der Waals surface area contributed by atoms with Gasteiger partial charge < -0.3 is 14.8 Å². The molecule has 1 aliphatic rings. The lowest BCUT2D eigenvalue weighted by atomic mass is 9.95. The number of aryl methyl sites for hydroxylation is 1. The molecule has 0 spiro atoms. The van der Waals surface area contributed by atoms with Crippen molar-refractivity contribution in [1.29, 1.82) is 0 Å². The number of rotatable bonds is 2. The first-order chi connectivity index (χ1) is 6.29. The summed E-state index contributed by atoms with van der Waals surface area (Å²) in [6.07, 6.45) is 4.01. The van der Waals surface area contributed by atoms with E-state index >= 15 is 0 Å². The molecule has 1 fully saturated rings. The molecule has 2 unspecified atom stereocenters. The van der Waals surface area contributed by atoms with E-state index in [-0.39, 0.29) is 6.10 Å². The first kappa shape index (κ1) is 8.78. The first-order valence-corrected chi connectivity index (χ1v) is 4.70. The molecule has 2 atom stereocenters. The summed E-state index contributed by atoms with van der Waals surface area (Å²) in [5.41, 5.74) is 1.98. The van der Waals surface area contributed by atoms with E-state index < -0.39 is 0 Å². The first-order valence-electron chi connectivity index (χ1n) is 4.70. The summed E-state index contributed by atoms with van der Waals surface area (Å²) in [7, 11) is 0. The highest BCUT2D eigenvalue weighted by atomic mass is 16.3. The van der Waals surface area contributed by atoms with Crippen LogP contribution in [0.15, 0.2) is 16.9 Å². The van der Waals surface area contributed by atoms with Crippen LogP contribution in [-0.4, -0.2) is 18.2 Å². The maximum Gasteiger partial charge on any atom is 0.0963 e. The number of furan rings is 1. The van der Waals surface area contributed by atoms with E-state index in [0.717, 1.165) is 30.6 Å². The van der Waals surface area contributed by atoms with Gasteiger partial charge in [0.25, 0.3) is 0 Å². The second kappa shape index (κ2) is 3.52. The SMILES string of the molecule is Cc1cocc1C(O)C1CCNC1. The van der Waals surface area contributed by atoms with E-state index in [1.807, 2.05) is 6.92 Å². The molecule has 0 saturated carbocycles. The van der Waals surface area contributed by atoms with Crippen LogP contribution >= 0.6 is 0 Å². The van der Waals surface area contributed by atoms with Gasteiger partial charge in [-0.1, -0.05) is 0 Å². The number of nitrogens with one attached hydrogen (secondary N) is 1. The van der Waals surface area contributed by atoms with Crippen LogP contribution in [0.25, 0.3) is 0 Å². The van der Waals surface area contributed by atoms with Gasteiger partial charge in [-0.2, -0.15) is 0 Å². The smallest absolute Gasteiger partial charge is 0.0963 e. The molecule has 13 heavy (non-hydrogen) atoms. The third-order valence-corrected chi connectivity index (χ3v) is 2.76. The molecule has 0 aromatic carbocycles. The van der Waals surface area contributed by atoms with Crippen LogP contribution in [0.3, 0.4) is 0 Å². The van der Waals surface area contributed by atoms with Gasteiger partial charge in [-0.15, -0.1) is 0 Å². The molecule has 0 bridgehead atoms. The summed E-state index contributed by atoms with van der Waals surface area (Å²) < 4.78 is 5.05. The van der Waals surface area contributed by atoms with Crippen LogP contribution in [0.4, 0.5) is 0 Å². The van der Waals surface area contributed by atoms with Gasteiger partial charge in [0.2, 0.25) is 0 Å². The lowest BCUT2D eigenvalue weighted by Gasteiger charge is -2.15. The molecule has 0 radical (unpaired) electrons. The standard InChI is InChI=1S/C10H15NO2/c1-7-5-13-6-9(7)10(12)8-2-3-11-4-8/h5-6,8,10-12H,2-4H2,1H3. The Hall–Kier alpha value is -0.800. The third kappa shape index (κ3) is 1.62. The summed E-state index contributed by atoms with van der Waals surface area (Å²) in [5, 5.41) is 13.2. The summed E-state index contributed by atoms with van der Waals surface area (Å²) in [6.45, 7) is 3.88. The number of hydrogen-bond donors (Lipinski definition) is 2. The quantitative estimate of drug-likeness (QED) is 0.721. The molecular weight excluding hydrogens is 166 g/mol. The zero-order valence-corrected chi connectivity index (χ0v) is 7.79. The Balaban J connectivity index is 2.12. The Morgan fingerprint density at radius 3 is 3.00 bits per heavy atom. The summed E-state index contributed by atoms with van der Waals surface area (Å²) in [5.74, 6) is 0.344. The average molecular weight is 181 g/mol. The van der Waals surface area contributed by atoms with Crippen LogP contribution in [0.5, 0.6) is 0 Å². The molecule has 1 aromatic heterocycles. The summed E-state index contributed by atoms with van der Waals surface area (Å²) >= 11 is 0. The van der Waals surface area contributed by atoms with Crippen molar-refractivity contribution in [3.05, 3.63) is 23.7 Å². The van der Waals surface area contributed by atoms with E-state index in [9.17, 15) is 5.11 Å². The van der Waals surface area contributed by atoms with E-state index in [1.165, 1.54) is 0 Å². The molecule has 1 aromatic rings. The van der Waals surface area contributed by atoms with E-state index in [1.54, 1.807) is 12.5 Å². The van der Waals surface area contributed by atoms with Gasteiger partial charge in [-0.3, -0.25) is 0 Å². The number of aliphatic hydroxyl groups excluding tert-OH is 1. The van der Waals surface area contributed by atoms with Crippen molar-refractivity contribution < 1.29 is 9.52 Å². The largest absolute Gasteiger partial charge is 0.472 e. The lowest BCUT2D eigenvalue weighted by molar-refractivity contribution is 0.117. The normalized spacial score (nSPS) is 24.9. The predicted molar refractivity (Wildman–Crippen MR) is 49.4 cm³/mol. The van der Waals surface area contributed by atoms with Crippen LogP contribution in [-0.2, 0) is 0 Å². The molecule has 3 heteroatoms. The topological polar surface area (TPSA) is 45.4 Å². The zero-order valence-electron chi connectivity index (χ0n) is 7.79. The van der Waals surface area contributed by atoms with Gasteiger partial charge in [-0.25, -0.2) is 0 Å². The minimum absolute atomic E-state index is 0.344. The summed E-state index contributed by atoms with van der Waals surface area (Å²) in [6, 6.07) is 0. The van der Waals surface area contributed by atoms with E-state index in [2.05, 4.69) is 5.32 Å². The second-order valence-electron chi connectivity index (χ2n) is 3.71. The fraction of sp³-hybridized carbons (Fsp3) is 0.600. The molecule has 2 rings (SSSR count). The molecule has 2 heterocycles. The van der Waals surface area contributed by atoms with Gasteiger partial charge in [-0.05, 0) is 25.5 Å². The molecule has 2 N–H and O–H groups in total. The van der Waals surface area contributed by atoms with Crippen molar-refractivity contribution >= 4 is 0 Å². The zero-order chi connectivity index (χ0) is 9.26. The van der Waals surface area contributed by atoms with Gasteiger partial charge in [0.1, 0.15) is 0 Å². The fourth-order valence-electron chi connectivity index (χ4n) is 1.87. The van der Waals surface area contributed by atoms with Gasteiger partial charge in [0.15, 0.2) is 0 Å². The Kier molecular flexibility index (Phi) is 2.38. The minimum Gasteiger partial charge on any atom is -0.472 e. The van der Waals surface area contributed by atoms with Crippen molar-refractivity contribution in [3.8, 4) is 0 Å². The van der Waals surface area contributed by atoms with Crippen molar-refractivity contribution in [2.45, 2.75) is 19.4 Å².